The van der Waals surface area contributed by atoms with Crippen molar-refractivity contribution in [3.63, 3.8) is 0 Å². The Morgan fingerprint density at radius 1 is 1.16 bits per heavy atom. The Bertz CT molecular complexity index is 1170. The molecule has 1 atom stereocenters. The van der Waals surface area contributed by atoms with Crippen LogP contribution in [-0.2, 0) is 16.9 Å². The number of ketones is 1. The van der Waals surface area contributed by atoms with Gasteiger partial charge in [-0.2, -0.15) is 0 Å². The number of hydrogen-bond acceptors (Lipinski definition) is 4. The molecule has 1 aliphatic rings. The predicted molar refractivity (Wildman–Crippen MR) is 121 cm³/mol. The maximum Gasteiger partial charge on any atom is 0.325 e. The van der Waals surface area contributed by atoms with E-state index >= 15 is 0 Å². The van der Waals surface area contributed by atoms with Gasteiger partial charge in [0.15, 0.2) is 5.78 Å². The van der Waals surface area contributed by atoms with Crippen molar-refractivity contribution in [3.05, 3.63) is 80.3 Å². The predicted octanol–water partition coefficient (Wildman–Crippen LogP) is 4.52. The van der Waals surface area contributed by atoms with Gasteiger partial charge in [-0.25, -0.2) is 4.79 Å². The molecule has 1 fully saturated rings. The number of hydrogen-bond donors (Lipinski definition) is 1. The second-order valence-electron chi connectivity index (χ2n) is 7.83. The average Bonchev–Trinajstić information content (AvgIpc) is 3.40. The molecule has 160 valence electrons. The third kappa shape index (κ3) is 3.79. The molecule has 1 saturated heterocycles. The zero-order valence-electron chi connectivity index (χ0n) is 17.4. The number of urea groups is 1. The van der Waals surface area contributed by atoms with Gasteiger partial charge in [0.05, 0.1) is 13.1 Å². The highest BCUT2D eigenvalue weighted by atomic mass is 35.5. The molecule has 0 radical (unpaired) electrons. The smallest absolute Gasteiger partial charge is 0.325 e. The lowest BCUT2D eigenvalue weighted by atomic mass is 9.92. The molecule has 3 aromatic rings. The Morgan fingerprint density at radius 2 is 1.87 bits per heavy atom. The maximum atomic E-state index is 13.1. The first-order chi connectivity index (χ1) is 14.7. The Morgan fingerprint density at radius 3 is 2.52 bits per heavy atom. The summed E-state index contributed by atoms with van der Waals surface area (Å²) in [4.78, 5) is 40.9. The van der Waals surface area contributed by atoms with Crippen molar-refractivity contribution in [2.45, 2.75) is 32.9 Å². The minimum atomic E-state index is -1.24. The van der Waals surface area contributed by atoms with Gasteiger partial charge in [0.2, 0.25) is 0 Å². The summed E-state index contributed by atoms with van der Waals surface area (Å²) >= 11 is 7.60. The van der Waals surface area contributed by atoms with Gasteiger partial charge < -0.3 is 9.88 Å². The van der Waals surface area contributed by atoms with E-state index in [1.54, 1.807) is 42.5 Å². The van der Waals surface area contributed by atoms with Crippen LogP contribution >= 0.6 is 22.9 Å². The molecule has 0 unspecified atom stereocenters. The fraction of sp³-hybridized carbons (Fsp3) is 0.261. The molecule has 0 spiro atoms. The van der Waals surface area contributed by atoms with Crippen LogP contribution in [0.3, 0.4) is 0 Å². The van der Waals surface area contributed by atoms with Crippen LogP contribution in [0.15, 0.2) is 47.8 Å². The number of imide groups is 1. The molecule has 8 heteroatoms. The molecule has 6 nitrogen and oxygen atoms in total. The standard InChI is InChI=1S/C23H22ClN3O3S/c1-14-11-19(15(2)26(14)12-18-5-4-10-31-18)20(28)13-27-21(29)23(3,25-22(27)30)16-6-8-17(24)9-7-16/h4-11H,12-13H2,1-3H3,(H,25,30)/t23-/m0/s1. The van der Waals surface area contributed by atoms with E-state index < -0.39 is 17.5 Å². The first kappa shape index (κ1) is 21.3. The second kappa shape index (κ2) is 7.98. The van der Waals surface area contributed by atoms with E-state index in [0.717, 1.165) is 16.3 Å². The number of nitrogens with zero attached hydrogens (tertiary/aromatic N) is 2. The van der Waals surface area contributed by atoms with E-state index in [-0.39, 0.29) is 12.3 Å². The highest BCUT2D eigenvalue weighted by molar-refractivity contribution is 7.09. The number of rotatable bonds is 6. The lowest BCUT2D eigenvalue weighted by Crippen LogP contribution is -2.41. The number of benzene rings is 1. The Labute approximate surface area is 189 Å². The summed E-state index contributed by atoms with van der Waals surface area (Å²) in [5, 5.41) is 5.28. The van der Waals surface area contributed by atoms with Crippen LogP contribution in [0.25, 0.3) is 0 Å². The molecule has 2 aromatic heterocycles. The van der Waals surface area contributed by atoms with Crippen molar-refractivity contribution in [2.75, 3.05) is 6.54 Å². The van der Waals surface area contributed by atoms with Crippen molar-refractivity contribution < 1.29 is 14.4 Å². The number of nitrogens with one attached hydrogen (secondary N) is 1. The SMILES string of the molecule is Cc1cc(C(=O)CN2C(=O)N[C@@](C)(c3ccc(Cl)cc3)C2=O)c(C)n1Cc1cccs1. The van der Waals surface area contributed by atoms with Gasteiger partial charge in [-0.3, -0.25) is 14.5 Å². The van der Waals surface area contributed by atoms with Gasteiger partial charge in [0, 0.05) is 26.9 Å². The number of Topliss-reactive ketones (excluding diaryl/α,β-unsaturated/α-hetero) is 1. The Kier molecular flexibility index (Phi) is 5.49. The summed E-state index contributed by atoms with van der Waals surface area (Å²) in [6.07, 6.45) is 0. The van der Waals surface area contributed by atoms with Crippen molar-refractivity contribution in [1.29, 1.82) is 0 Å². The van der Waals surface area contributed by atoms with E-state index in [1.165, 1.54) is 4.88 Å². The molecular weight excluding hydrogens is 434 g/mol. The summed E-state index contributed by atoms with van der Waals surface area (Å²) in [6.45, 7) is 5.84. The molecule has 1 aromatic carbocycles. The van der Waals surface area contributed by atoms with Crippen LogP contribution in [0.4, 0.5) is 4.79 Å². The van der Waals surface area contributed by atoms with Crippen LogP contribution in [0.1, 0.15) is 39.1 Å². The largest absolute Gasteiger partial charge is 0.343 e. The zero-order valence-corrected chi connectivity index (χ0v) is 19.0. The molecule has 3 amide bonds. The van der Waals surface area contributed by atoms with Gasteiger partial charge in [-0.15, -0.1) is 11.3 Å². The number of amides is 3. The first-order valence-electron chi connectivity index (χ1n) is 9.83. The average molecular weight is 456 g/mol. The topological polar surface area (TPSA) is 71.4 Å². The van der Waals surface area contributed by atoms with Crippen molar-refractivity contribution in [1.82, 2.24) is 14.8 Å². The molecule has 4 rings (SSSR count). The first-order valence-corrected chi connectivity index (χ1v) is 11.1. The summed E-state index contributed by atoms with van der Waals surface area (Å²) < 4.78 is 2.07. The number of aromatic nitrogens is 1. The summed E-state index contributed by atoms with van der Waals surface area (Å²) in [7, 11) is 0. The normalized spacial score (nSPS) is 18.5. The second-order valence-corrected chi connectivity index (χ2v) is 9.30. The van der Waals surface area contributed by atoms with Crippen LogP contribution in [0, 0.1) is 13.8 Å². The third-order valence-electron chi connectivity index (χ3n) is 5.77. The molecule has 0 bridgehead atoms. The number of carbonyl (C=O) groups is 3. The molecule has 31 heavy (non-hydrogen) atoms. The summed E-state index contributed by atoms with van der Waals surface area (Å²) in [5.41, 5.74) is 1.67. The number of aryl methyl sites for hydroxylation is 1. The summed E-state index contributed by atoms with van der Waals surface area (Å²) in [6, 6.07) is 12.0. The van der Waals surface area contributed by atoms with E-state index in [4.69, 9.17) is 11.6 Å². The summed E-state index contributed by atoms with van der Waals surface area (Å²) in [5.74, 6) is -0.727. The van der Waals surface area contributed by atoms with Crippen molar-refractivity contribution >= 4 is 40.7 Å². The molecule has 0 aliphatic carbocycles. The Hall–Kier alpha value is -2.90. The zero-order chi connectivity index (χ0) is 22.3. The van der Waals surface area contributed by atoms with Gasteiger partial charge in [-0.1, -0.05) is 29.8 Å². The maximum absolute atomic E-state index is 13.1. The van der Waals surface area contributed by atoms with Crippen molar-refractivity contribution in [2.24, 2.45) is 0 Å². The third-order valence-corrected chi connectivity index (χ3v) is 6.88. The van der Waals surface area contributed by atoms with Crippen molar-refractivity contribution in [3.8, 4) is 0 Å². The van der Waals surface area contributed by atoms with Gasteiger partial charge in [0.25, 0.3) is 5.91 Å². The monoisotopic (exact) mass is 455 g/mol. The fourth-order valence-corrected chi connectivity index (χ4v) is 4.75. The molecule has 1 aliphatic heterocycles. The van der Waals surface area contributed by atoms with Crippen LogP contribution in [0.5, 0.6) is 0 Å². The Balaban J connectivity index is 1.55. The minimum absolute atomic E-state index is 0.269. The van der Waals surface area contributed by atoms with E-state index in [1.807, 2.05) is 31.4 Å². The van der Waals surface area contributed by atoms with Gasteiger partial charge in [0.1, 0.15) is 5.54 Å². The molecule has 0 saturated carbocycles. The van der Waals surface area contributed by atoms with Crippen LogP contribution < -0.4 is 5.32 Å². The lowest BCUT2D eigenvalue weighted by molar-refractivity contribution is -0.130. The molecule has 3 heterocycles. The lowest BCUT2D eigenvalue weighted by Gasteiger charge is -2.22. The van der Waals surface area contributed by atoms with Gasteiger partial charge in [-0.05, 0) is 56.0 Å². The number of thiophene rings is 1. The van der Waals surface area contributed by atoms with Crippen LogP contribution in [0.2, 0.25) is 5.02 Å². The fourth-order valence-electron chi connectivity index (χ4n) is 3.93. The minimum Gasteiger partial charge on any atom is -0.343 e. The molecular formula is C23H22ClN3O3S. The highest BCUT2D eigenvalue weighted by Crippen LogP contribution is 2.30. The van der Waals surface area contributed by atoms with E-state index in [0.29, 0.717) is 22.7 Å². The van der Waals surface area contributed by atoms with E-state index in [2.05, 4.69) is 16.0 Å². The highest BCUT2D eigenvalue weighted by Gasteiger charge is 2.49. The number of carbonyl (C=O) groups excluding carboxylic acids is 3. The van der Waals surface area contributed by atoms with E-state index in [9.17, 15) is 14.4 Å². The quantitative estimate of drug-likeness (QED) is 0.439. The number of halogens is 1. The van der Waals surface area contributed by atoms with Gasteiger partial charge >= 0.3 is 6.03 Å². The van der Waals surface area contributed by atoms with Crippen LogP contribution in [-0.4, -0.2) is 33.7 Å². The molecule has 1 N–H and O–H groups in total.